The van der Waals surface area contributed by atoms with Crippen LogP contribution in [0.3, 0.4) is 0 Å². The molecule has 0 saturated carbocycles. The van der Waals surface area contributed by atoms with Gasteiger partial charge in [-0.1, -0.05) is 48.5 Å². The lowest BCUT2D eigenvalue weighted by molar-refractivity contribution is -0.213. The molecule has 3 aliphatic rings. The lowest BCUT2D eigenvalue weighted by atomic mass is 9.77. The average molecular weight is 323 g/mol. The zero-order valence-corrected chi connectivity index (χ0v) is 13.9. The lowest BCUT2D eigenvalue weighted by Crippen LogP contribution is -2.39. The maximum Gasteiger partial charge on any atom is 0.130 e. The first-order valence-corrected chi connectivity index (χ1v) is 8.74. The van der Waals surface area contributed by atoms with Crippen molar-refractivity contribution in [3.63, 3.8) is 0 Å². The van der Waals surface area contributed by atoms with Crippen LogP contribution in [0.1, 0.15) is 34.4 Å². The number of hydroxylamine groups is 2. The highest BCUT2D eigenvalue weighted by Crippen LogP contribution is 2.52. The van der Waals surface area contributed by atoms with E-state index in [-0.39, 0.29) is 12.1 Å². The summed E-state index contributed by atoms with van der Waals surface area (Å²) in [6, 6.07) is 26.7. The molecule has 0 spiro atoms. The minimum absolute atomic E-state index is 0.0192. The van der Waals surface area contributed by atoms with Crippen LogP contribution in [-0.4, -0.2) is 12.1 Å². The van der Waals surface area contributed by atoms with E-state index < -0.39 is 0 Å². The molecular weight excluding hydrogens is 306 g/mol. The second kappa shape index (κ2) is 4.69. The van der Waals surface area contributed by atoms with E-state index in [0.29, 0.717) is 0 Å². The first-order valence-electron chi connectivity index (χ1n) is 8.74. The average Bonchev–Trinajstić information content (AvgIpc) is 2.65. The van der Waals surface area contributed by atoms with Crippen molar-refractivity contribution in [2.75, 3.05) is 7.05 Å². The van der Waals surface area contributed by atoms with Gasteiger partial charge >= 0.3 is 0 Å². The van der Waals surface area contributed by atoms with Crippen molar-refractivity contribution in [1.82, 2.24) is 5.06 Å². The Balaban J connectivity index is 1.68. The molecule has 2 heterocycles. The second-order valence-electron chi connectivity index (χ2n) is 7.09. The third kappa shape index (κ3) is 1.76. The summed E-state index contributed by atoms with van der Waals surface area (Å²) in [4.78, 5) is 6.27. The van der Waals surface area contributed by atoms with Gasteiger partial charge in [-0.15, -0.1) is 0 Å². The summed E-state index contributed by atoms with van der Waals surface area (Å²) in [5.74, 6) is 0. The largest absolute Gasteiger partial charge is 0.285 e. The minimum atomic E-state index is -0.0192. The van der Waals surface area contributed by atoms with Gasteiger partial charge in [0.25, 0.3) is 0 Å². The Kier molecular flexibility index (Phi) is 2.55. The van der Waals surface area contributed by atoms with Crippen molar-refractivity contribution in [1.29, 1.82) is 0 Å². The summed E-state index contributed by atoms with van der Waals surface area (Å²) >= 11 is 0. The number of hydrogen-bond acceptors (Lipinski definition) is 2. The predicted molar refractivity (Wildman–Crippen MR) is 100 cm³/mol. The van der Waals surface area contributed by atoms with Crippen LogP contribution in [0.2, 0.25) is 0 Å². The fraction of sp³-hybridized carbons (Fsp3) is 0.130. The van der Waals surface area contributed by atoms with Gasteiger partial charge in [-0.2, -0.15) is 5.06 Å². The van der Waals surface area contributed by atoms with E-state index in [2.05, 4.69) is 72.8 Å². The molecule has 0 saturated heterocycles. The van der Waals surface area contributed by atoms with Crippen LogP contribution < -0.4 is 0 Å². The molecule has 25 heavy (non-hydrogen) atoms. The third-order valence-corrected chi connectivity index (χ3v) is 5.69. The number of rotatable bonds is 0. The monoisotopic (exact) mass is 323 g/mol. The van der Waals surface area contributed by atoms with Crippen molar-refractivity contribution in [2.24, 2.45) is 0 Å². The number of hydrogen-bond donors (Lipinski definition) is 0. The smallest absolute Gasteiger partial charge is 0.130 e. The van der Waals surface area contributed by atoms with E-state index in [9.17, 15) is 0 Å². The number of benzene rings is 4. The van der Waals surface area contributed by atoms with Crippen LogP contribution in [0.25, 0.3) is 21.5 Å². The molecule has 0 atom stereocenters. The molecule has 4 aromatic rings. The van der Waals surface area contributed by atoms with Gasteiger partial charge in [0.05, 0.1) is 6.04 Å². The number of fused-ring (bicyclic) bond motifs is 3. The molecule has 4 aromatic carbocycles. The molecule has 2 nitrogen and oxygen atoms in total. The third-order valence-electron chi connectivity index (χ3n) is 5.69. The summed E-state index contributed by atoms with van der Waals surface area (Å²) < 4.78 is 0. The van der Waals surface area contributed by atoms with Gasteiger partial charge in [0, 0.05) is 7.05 Å². The van der Waals surface area contributed by atoms with Gasteiger partial charge in [-0.05, 0) is 68.1 Å². The van der Waals surface area contributed by atoms with Crippen LogP contribution in [0, 0.1) is 0 Å². The molecule has 0 unspecified atom stereocenters. The molecule has 120 valence electrons. The fourth-order valence-corrected chi connectivity index (χ4v) is 4.55. The van der Waals surface area contributed by atoms with Gasteiger partial charge in [0.1, 0.15) is 6.10 Å². The standard InChI is InChI=1S/C23H17NO/c1-24-22-18-10-14-6-2-4-8-16(14)12-20(18)23(25-24)21-13-17-9-5-3-7-15(17)11-19(21)22/h2-13,22-23H,1H3. The van der Waals surface area contributed by atoms with Crippen molar-refractivity contribution in [3.8, 4) is 0 Å². The molecule has 2 aliphatic heterocycles. The van der Waals surface area contributed by atoms with Crippen molar-refractivity contribution in [2.45, 2.75) is 12.1 Å². The van der Waals surface area contributed by atoms with Crippen LogP contribution in [0.4, 0.5) is 0 Å². The van der Waals surface area contributed by atoms with E-state index in [0.717, 1.165) is 0 Å². The van der Waals surface area contributed by atoms with Gasteiger partial charge in [0.15, 0.2) is 0 Å². The molecule has 2 bridgehead atoms. The normalized spacial score (nSPS) is 21.5. The molecule has 0 amide bonds. The first kappa shape index (κ1) is 13.6. The molecule has 1 aliphatic carbocycles. The second-order valence-corrected chi connectivity index (χ2v) is 7.09. The van der Waals surface area contributed by atoms with E-state index in [4.69, 9.17) is 4.84 Å². The van der Waals surface area contributed by atoms with Crippen LogP contribution in [-0.2, 0) is 4.84 Å². The van der Waals surface area contributed by atoms with Crippen LogP contribution >= 0.6 is 0 Å². The van der Waals surface area contributed by atoms with Crippen molar-refractivity contribution in [3.05, 3.63) is 95.1 Å². The maximum atomic E-state index is 6.27. The topological polar surface area (TPSA) is 12.5 Å². The molecule has 2 heteroatoms. The van der Waals surface area contributed by atoms with E-state index in [1.165, 1.54) is 43.8 Å². The van der Waals surface area contributed by atoms with Crippen LogP contribution in [0.5, 0.6) is 0 Å². The maximum absolute atomic E-state index is 6.27. The van der Waals surface area contributed by atoms with Crippen LogP contribution in [0.15, 0.2) is 72.8 Å². The molecule has 0 aromatic heterocycles. The molecule has 0 fully saturated rings. The zero-order chi connectivity index (χ0) is 16.5. The Morgan fingerprint density at radius 3 is 1.48 bits per heavy atom. The zero-order valence-electron chi connectivity index (χ0n) is 13.9. The Hall–Kier alpha value is -2.68. The van der Waals surface area contributed by atoms with Gasteiger partial charge < -0.3 is 0 Å². The van der Waals surface area contributed by atoms with E-state index in [1.54, 1.807) is 0 Å². The summed E-state index contributed by atoms with van der Waals surface area (Å²) in [6.07, 6.45) is -0.0192. The van der Waals surface area contributed by atoms with E-state index in [1.807, 2.05) is 12.1 Å². The Morgan fingerprint density at radius 1 is 0.640 bits per heavy atom. The highest BCUT2D eigenvalue weighted by molar-refractivity contribution is 5.88. The first-order chi connectivity index (χ1) is 12.3. The fourth-order valence-electron chi connectivity index (χ4n) is 4.55. The highest BCUT2D eigenvalue weighted by atomic mass is 16.7. The Labute approximate surface area is 146 Å². The van der Waals surface area contributed by atoms with E-state index >= 15 is 0 Å². The summed E-state index contributed by atoms with van der Waals surface area (Å²) in [5, 5.41) is 7.18. The van der Waals surface area contributed by atoms with Gasteiger partial charge in [-0.3, -0.25) is 4.84 Å². The molecule has 7 rings (SSSR count). The molecular formula is C23H17NO. The molecule has 0 N–H and O–H groups in total. The Morgan fingerprint density at radius 2 is 1.04 bits per heavy atom. The van der Waals surface area contributed by atoms with Crippen molar-refractivity contribution >= 4 is 21.5 Å². The quantitative estimate of drug-likeness (QED) is 0.432. The Bertz CT molecular complexity index is 1080. The van der Waals surface area contributed by atoms with Crippen molar-refractivity contribution < 1.29 is 4.84 Å². The SMILES string of the molecule is CN1OC2c3cc4ccccc4cc3C1c1cc3ccccc3cc12. The summed E-state index contributed by atoms with van der Waals surface area (Å²) in [7, 11) is 2.05. The van der Waals surface area contributed by atoms with Gasteiger partial charge in [-0.25, -0.2) is 0 Å². The number of nitrogens with zero attached hydrogens (tertiary/aromatic N) is 1. The summed E-state index contributed by atoms with van der Waals surface area (Å²) in [5.41, 5.74) is 5.37. The van der Waals surface area contributed by atoms with Gasteiger partial charge in [0.2, 0.25) is 0 Å². The predicted octanol–water partition coefficient (Wildman–Crippen LogP) is 5.36. The minimum Gasteiger partial charge on any atom is -0.285 e. The highest BCUT2D eigenvalue weighted by Gasteiger charge is 2.42. The summed E-state index contributed by atoms with van der Waals surface area (Å²) in [6.45, 7) is 0. The molecule has 0 radical (unpaired) electrons. The lowest BCUT2D eigenvalue weighted by Gasteiger charge is -2.45.